The van der Waals surface area contributed by atoms with Crippen LogP contribution in [0.1, 0.15) is 26.2 Å². The Morgan fingerprint density at radius 3 is 2.60 bits per heavy atom. The molecule has 1 rings (SSSR count). The zero-order valence-electron chi connectivity index (χ0n) is 11.1. The van der Waals surface area contributed by atoms with Crippen molar-refractivity contribution in [1.82, 2.24) is 0 Å². The van der Waals surface area contributed by atoms with Gasteiger partial charge in [0.15, 0.2) is 17.7 Å². The first kappa shape index (κ1) is 15.7. The van der Waals surface area contributed by atoms with Crippen molar-refractivity contribution in [3.05, 3.63) is 30.1 Å². The number of ether oxygens (including phenoxy) is 2. The molecule has 0 amide bonds. The summed E-state index contributed by atoms with van der Waals surface area (Å²) in [5.74, 6) is 0.444. The Balaban J connectivity index is 2.29. The first-order valence-corrected chi connectivity index (χ1v) is 6.13. The van der Waals surface area contributed by atoms with E-state index in [1.807, 2.05) is 0 Å². The quantitative estimate of drug-likeness (QED) is 0.455. The van der Waals surface area contributed by atoms with E-state index in [9.17, 15) is 14.0 Å². The van der Waals surface area contributed by atoms with Crippen LogP contribution >= 0.6 is 0 Å². The molecule has 20 heavy (non-hydrogen) atoms. The average molecular weight is 278 g/mol. The van der Waals surface area contributed by atoms with E-state index in [-0.39, 0.29) is 25.0 Å². The Hall–Kier alpha value is -2.35. The molecule has 0 saturated carbocycles. The highest BCUT2D eigenvalue weighted by Crippen LogP contribution is 2.16. The highest BCUT2D eigenvalue weighted by molar-refractivity contribution is 5.74. The average Bonchev–Trinajstić information content (AvgIpc) is 2.41. The summed E-state index contributed by atoms with van der Waals surface area (Å²) < 4.78 is 22.9. The standard InChI is InChI=1S/C15H15FO4/c1-3-11(2)19-14(17)9-6-10-15(18)20-13-8-5-4-7-12(13)16/h1,4-5,7-8,11H,6,9-10H2,2H3. The van der Waals surface area contributed by atoms with Gasteiger partial charge in [0.2, 0.25) is 0 Å². The fourth-order valence-electron chi connectivity index (χ4n) is 1.37. The predicted molar refractivity (Wildman–Crippen MR) is 70.3 cm³/mol. The van der Waals surface area contributed by atoms with Gasteiger partial charge in [-0.05, 0) is 25.5 Å². The third-order valence-electron chi connectivity index (χ3n) is 2.37. The van der Waals surface area contributed by atoms with Gasteiger partial charge in [0.25, 0.3) is 0 Å². The van der Waals surface area contributed by atoms with Crippen LogP contribution in [0.3, 0.4) is 0 Å². The van der Waals surface area contributed by atoms with Gasteiger partial charge in [-0.2, -0.15) is 0 Å². The topological polar surface area (TPSA) is 52.6 Å². The van der Waals surface area contributed by atoms with E-state index in [4.69, 9.17) is 15.9 Å². The summed E-state index contributed by atoms with van der Waals surface area (Å²) in [5, 5.41) is 0. The number of hydrogen-bond donors (Lipinski definition) is 0. The lowest BCUT2D eigenvalue weighted by atomic mass is 10.2. The third kappa shape index (κ3) is 5.53. The van der Waals surface area contributed by atoms with E-state index in [2.05, 4.69) is 5.92 Å². The molecular formula is C15H15FO4. The van der Waals surface area contributed by atoms with Gasteiger partial charge in [0.1, 0.15) is 0 Å². The predicted octanol–water partition coefficient (Wildman–Crippen LogP) is 2.47. The number of para-hydroxylation sites is 1. The van der Waals surface area contributed by atoms with Crippen LogP contribution in [0.25, 0.3) is 0 Å². The summed E-state index contributed by atoms with van der Waals surface area (Å²) >= 11 is 0. The molecule has 0 aliphatic carbocycles. The third-order valence-corrected chi connectivity index (χ3v) is 2.37. The van der Waals surface area contributed by atoms with Crippen molar-refractivity contribution in [1.29, 1.82) is 0 Å². The normalized spacial score (nSPS) is 11.2. The molecule has 0 radical (unpaired) electrons. The fourth-order valence-corrected chi connectivity index (χ4v) is 1.37. The molecule has 106 valence electrons. The highest BCUT2D eigenvalue weighted by atomic mass is 19.1. The summed E-state index contributed by atoms with van der Waals surface area (Å²) in [6.45, 7) is 1.57. The van der Waals surface area contributed by atoms with Crippen LogP contribution in [0.2, 0.25) is 0 Å². The molecule has 0 bridgehead atoms. The van der Waals surface area contributed by atoms with Crippen molar-refractivity contribution >= 4 is 11.9 Å². The molecule has 0 fully saturated rings. The molecule has 0 aliphatic heterocycles. The summed E-state index contributed by atoms with van der Waals surface area (Å²) in [6, 6.07) is 5.61. The maximum absolute atomic E-state index is 13.2. The molecule has 0 spiro atoms. The van der Waals surface area contributed by atoms with Crippen LogP contribution in [0.5, 0.6) is 5.75 Å². The molecular weight excluding hydrogens is 263 g/mol. The maximum Gasteiger partial charge on any atom is 0.311 e. The van der Waals surface area contributed by atoms with E-state index < -0.39 is 23.9 Å². The Bertz CT molecular complexity index is 519. The molecule has 5 heteroatoms. The number of carbonyl (C=O) groups excluding carboxylic acids is 2. The van der Waals surface area contributed by atoms with Crippen LogP contribution in [0.4, 0.5) is 4.39 Å². The lowest BCUT2D eigenvalue weighted by Crippen LogP contribution is -2.14. The first-order valence-electron chi connectivity index (χ1n) is 6.13. The second-order valence-electron chi connectivity index (χ2n) is 4.06. The molecule has 1 aromatic rings. The van der Waals surface area contributed by atoms with Gasteiger partial charge in [-0.3, -0.25) is 9.59 Å². The minimum absolute atomic E-state index is 0.00608. The van der Waals surface area contributed by atoms with E-state index >= 15 is 0 Å². The number of carbonyl (C=O) groups is 2. The first-order chi connectivity index (χ1) is 9.52. The van der Waals surface area contributed by atoms with E-state index in [0.29, 0.717) is 0 Å². The van der Waals surface area contributed by atoms with Gasteiger partial charge < -0.3 is 9.47 Å². The monoisotopic (exact) mass is 278 g/mol. The molecule has 0 aromatic heterocycles. The Labute approximate surface area is 116 Å². The SMILES string of the molecule is C#CC(C)OC(=O)CCCC(=O)Oc1ccccc1F. The Kier molecular flexibility index (Phi) is 6.24. The molecule has 4 nitrogen and oxygen atoms in total. The summed E-state index contributed by atoms with van der Waals surface area (Å²) in [5.41, 5.74) is 0. The summed E-state index contributed by atoms with van der Waals surface area (Å²) in [7, 11) is 0. The maximum atomic E-state index is 13.2. The zero-order chi connectivity index (χ0) is 15.0. The van der Waals surface area contributed by atoms with Crippen molar-refractivity contribution in [2.24, 2.45) is 0 Å². The van der Waals surface area contributed by atoms with Crippen molar-refractivity contribution in [2.75, 3.05) is 0 Å². The minimum atomic E-state index is -0.608. The number of terminal acetylenes is 1. The van der Waals surface area contributed by atoms with Gasteiger partial charge in [0.05, 0.1) is 0 Å². The summed E-state index contributed by atoms with van der Waals surface area (Å²) in [4.78, 5) is 22.7. The van der Waals surface area contributed by atoms with Gasteiger partial charge >= 0.3 is 11.9 Å². The van der Waals surface area contributed by atoms with Crippen LogP contribution in [-0.2, 0) is 14.3 Å². The van der Waals surface area contributed by atoms with Crippen LogP contribution in [0.15, 0.2) is 24.3 Å². The summed E-state index contributed by atoms with van der Waals surface area (Å²) in [6.07, 6.45) is 4.77. The van der Waals surface area contributed by atoms with Gasteiger partial charge in [-0.25, -0.2) is 4.39 Å². The Morgan fingerprint density at radius 2 is 1.95 bits per heavy atom. The number of hydrogen-bond acceptors (Lipinski definition) is 4. The molecule has 0 saturated heterocycles. The minimum Gasteiger partial charge on any atom is -0.449 e. The molecule has 0 aliphatic rings. The lowest BCUT2D eigenvalue weighted by Gasteiger charge is -2.07. The van der Waals surface area contributed by atoms with Crippen LogP contribution in [0, 0.1) is 18.2 Å². The number of rotatable bonds is 6. The Morgan fingerprint density at radius 1 is 1.30 bits per heavy atom. The smallest absolute Gasteiger partial charge is 0.311 e. The molecule has 1 aromatic carbocycles. The number of esters is 2. The van der Waals surface area contributed by atoms with Gasteiger partial charge in [-0.15, -0.1) is 6.42 Å². The molecule has 1 atom stereocenters. The molecule has 1 unspecified atom stereocenters. The van der Waals surface area contributed by atoms with Crippen LogP contribution < -0.4 is 4.74 Å². The lowest BCUT2D eigenvalue weighted by molar-refractivity contribution is -0.146. The fraction of sp³-hybridized carbons (Fsp3) is 0.333. The van der Waals surface area contributed by atoms with E-state index in [1.165, 1.54) is 18.2 Å². The van der Waals surface area contributed by atoms with Crippen molar-refractivity contribution in [2.45, 2.75) is 32.3 Å². The van der Waals surface area contributed by atoms with E-state index in [1.54, 1.807) is 13.0 Å². The zero-order valence-corrected chi connectivity index (χ0v) is 11.1. The second-order valence-corrected chi connectivity index (χ2v) is 4.06. The highest BCUT2D eigenvalue weighted by Gasteiger charge is 2.11. The molecule has 0 heterocycles. The second kappa shape index (κ2) is 7.95. The largest absolute Gasteiger partial charge is 0.449 e. The number of halogens is 1. The van der Waals surface area contributed by atoms with Crippen LogP contribution in [-0.4, -0.2) is 18.0 Å². The van der Waals surface area contributed by atoms with Gasteiger partial charge in [0, 0.05) is 12.8 Å². The molecule has 0 N–H and O–H groups in total. The van der Waals surface area contributed by atoms with Gasteiger partial charge in [-0.1, -0.05) is 18.1 Å². The van der Waals surface area contributed by atoms with E-state index in [0.717, 1.165) is 0 Å². The van der Waals surface area contributed by atoms with Crippen molar-refractivity contribution < 1.29 is 23.5 Å². The number of benzene rings is 1. The van der Waals surface area contributed by atoms with Crippen molar-refractivity contribution in [3.8, 4) is 18.1 Å². The van der Waals surface area contributed by atoms with Crippen molar-refractivity contribution in [3.63, 3.8) is 0 Å².